The first-order chi connectivity index (χ1) is 16.2. The van der Waals surface area contributed by atoms with Crippen molar-refractivity contribution in [2.24, 2.45) is 5.92 Å². The van der Waals surface area contributed by atoms with Crippen LogP contribution in [0.1, 0.15) is 18.5 Å². The molecule has 1 N–H and O–H groups in total. The Morgan fingerprint density at radius 3 is 2.55 bits per heavy atom. The molecule has 1 saturated heterocycles. The number of nitrogens with one attached hydrogen (secondary N) is 1. The van der Waals surface area contributed by atoms with Gasteiger partial charge in [-0.05, 0) is 42.7 Å². The molecule has 8 heteroatoms. The number of carbonyl (C=O) groups is 1. The summed E-state index contributed by atoms with van der Waals surface area (Å²) < 4.78 is 11.1. The highest BCUT2D eigenvalue weighted by Crippen LogP contribution is 2.31. The van der Waals surface area contributed by atoms with E-state index < -0.39 is 0 Å². The molecule has 164 valence electrons. The van der Waals surface area contributed by atoms with Crippen LogP contribution in [0.5, 0.6) is 0 Å². The first-order valence-electron chi connectivity index (χ1n) is 10.7. The molecule has 0 radical (unpaired) electrons. The fourth-order valence-corrected chi connectivity index (χ4v) is 3.95. The van der Waals surface area contributed by atoms with Crippen LogP contribution in [0.3, 0.4) is 0 Å². The lowest BCUT2D eigenvalue weighted by molar-refractivity contribution is -0.120. The summed E-state index contributed by atoms with van der Waals surface area (Å²) in [5, 5.41) is 12.4. The van der Waals surface area contributed by atoms with Gasteiger partial charge in [-0.2, -0.15) is 10.2 Å². The number of oxazole rings is 1. The van der Waals surface area contributed by atoms with E-state index in [9.17, 15) is 10.1 Å². The van der Waals surface area contributed by atoms with Gasteiger partial charge in [0, 0.05) is 30.8 Å². The molecule has 1 aliphatic rings. The Kier molecular flexibility index (Phi) is 5.60. The summed E-state index contributed by atoms with van der Waals surface area (Å²) >= 11 is 0. The van der Waals surface area contributed by atoms with Gasteiger partial charge in [-0.15, -0.1) is 0 Å². The highest BCUT2D eigenvalue weighted by atomic mass is 16.4. The highest BCUT2D eigenvalue weighted by molar-refractivity contribution is 5.92. The lowest BCUT2D eigenvalue weighted by Crippen LogP contribution is -2.38. The van der Waals surface area contributed by atoms with Gasteiger partial charge in [0.2, 0.25) is 17.5 Å². The number of rotatable bonds is 5. The Bertz CT molecular complexity index is 1270. The van der Waals surface area contributed by atoms with Gasteiger partial charge in [0.15, 0.2) is 5.76 Å². The maximum absolute atomic E-state index is 12.8. The molecule has 1 aromatic carbocycles. The van der Waals surface area contributed by atoms with E-state index in [1.54, 1.807) is 18.3 Å². The minimum Gasteiger partial charge on any atom is -0.459 e. The van der Waals surface area contributed by atoms with Crippen molar-refractivity contribution in [3.05, 3.63) is 72.8 Å². The molecule has 8 nitrogen and oxygen atoms in total. The molecule has 1 aliphatic heterocycles. The predicted molar refractivity (Wildman–Crippen MR) is 122 cm³/mol. The molecule has 0 atom stereocenters. The number of pyridine rings is 1. The lowest BCUT2D eigenvalue weighted by atomic mass is 9.96. The van der Waals surface area contributed by atoms with Crippen molar-refractivity contribution in [1.29, 1.82) is 5.26 Å². The number of hydrogen-bond donors (Lipinski definition) is 1. The zero-order chi connectivity index (χ0) is 22.6. The Balaban J connectivity index is 1.20. The van der Waals surface area contributed by atoms with Crippen LogP contribution in [0.2, 0.25) is 0 Å². The standard InChI is InChI=1S/C25H21N5O3/c26-15-20-25(33-24(28-20)21-7-4-14-32-21)30-12-10-18(11-13-30)23(31)29-22-9-8-19(16-27-22)17-5-2-1-3-6-17/h1-9,14,16,18H,10-13H2,(H,27,29,31). The topological polar surface area (TPSA) is 108 Å². The van der Waals surface area contributed by atoms with Gasteiger partial charge in [0.1, 0.15) is 11.9 Å². The fraction of sp³-hybridized carbons (Fsp3) is 0.200. The minimum atomic E-state index is -0.144. The van der Waals surface area contributed by atoms with E-state index in [4.69, 9.17) is 8.83 Å². The van der Waals surface area contributed by atoms with E-state index >= 15 is 0 Å². The van der Waals surface area contributed by atoms with Gasteiger partial charge in [-0.3, -0.25) is 4.79 Å². The van der Waals surface area contributed by atoms with Crippen molar-refractivity contribution in [1.82, 2.24) is 9.97 Å². The van der Waals surface area contributed by atoms with E-state index in [1.807, 2.05) is 47.4 Å². The van der Waals surface area contributed by atoms with E-state index in [1.165, 1.54) is 6.26 Å². The van der Waals surface area contributed by atoms with Gasteiger partial charge in [-0.25, -0.2) is 4.98 Å². The summed E-state index contributed by atoms with van der Waals surface area (Å²) in [5.41, 5.74) is 2.29. The molecular weight excluding hydrogens is 418 g/mol. The van der Waals surface area contributed by atoms with Crippen LogP contribution in [0.15, 0.2) is 75.9 Å². The van der Waals surface area contributed by atoms with E-state index in [2.05, 4.69) is 21.4 Å². The van der Waals surface area contributed by atoms with E-state index in [0.29, 0.717) is 43.4 Å². The molecule has 33 heavy (non-hydrogen) atoms. The first-order valence-corrected chi connectivity index (χ1v) is 10.7. The third-order valence-corrected chi connectivity index (χ3v) is 5.72. The normalized spacial score (nSPS) is 14.1. The fourth-order valence-electron chi connectivity index (χ4n) is 3.95. The maximum atomic E-state index is 12.8. The van der Waals surface area contributed by atoms with Crippen LogP contribution in [0, 0.1) is 17.2 Å². The Morgan fingerprint density at radius 2 is 1.88 bits per heavy atom. The van der Waals surface area contributed by atoms with Crippen molar-refractivity contribution < 1.29 is 13.6 Å². The molecule has 3 aromatic heterocycles. The number of piperidine rings is 1. The van der Waals surface area contributed by atoms with Crippen LogP contribution in [-0.4, -0.2) is 29.0 Å². The molecule has 5 rings (SSSR count). The number of benzene rings is 1. The molecule has 0 aliphatic carbocycles. The average molecular weight is 439 g/mol. The molecule has 0 saturated carbocycles. The summed E-state index contributed by atoms with van der Waals surface area (Å²) in [5.74, 6) is 1.50. The van der Waals surface area contributed by atoms with Crippen LogP contribution in [-0.2, 0) is 4.79 Å². The lowest BCUT2D eigenvalue weighted by Gasteiger charge is -2.30. The number of carbonyl (C=O) groups excluding carboxylic acids is 1. The molecule has 1 amide bonds. The average Bonchev–Trinajstić information content (AvgIpc) is 3.55. The number of furan rings is 1. The minimum absolute atomic E-state index is 0.0519. The second-order valence-electron chi connectivity index (χ2n) is 7.81. The number of hydrogen-bond acceptors (Lipinski definition) is 7. The highest BCUT2D eigenvalue weighted by Gasteiger charge is 2.29. The molecule has 0 unspecified atom stereocenters. The zero-order valence-corrected chi connectivity index (χ0v) is 17.8. The largest absolute Gasteiger partial charge is 0.459 e. The van der Waals surface area contributed by atoms with Crippen LogP contribution < -0.4 is 10.2 Å². The quantitative estimate of drug-likeness (QED) is 0.479. The predicted octanol–water partition coefficient (Wildman–Crippen LogP) is 4.72. The summed E-state index contributed by atoms with van der Waals surface area (Å²) in [6.45, 7) is 1.17. The van der Waals surface area contributed by atoms with E-state index in [-0.39, 0.29) is 23.4 Å². The zero-order valence-electron chi connectivity index (χ0n) is 17.8. The Hall–Kier alpha value is -4.38. The number of nitrogens with zero attached hydrogens (tertiary/aromatic N) is 4. The molecule has 4 aromatic rings. The summed E-state index contributed by atoms with van der Waals surface area (Å²) in [7, 11) is 0. The summed E-state index contributed by atoms with van der Waals surface area (Å²) in [4.78, 5) is 23.4. The molecule has 1 fully saturated rings. The van der Waals surface area contributed by atoms with Gasteiger partial charge in [-0.1, -0.05) is 30.3 Å². The van der Waals surface area contributed by atoms with Crippen LogP contribution in [0.25, 0.3) is 22.8 Å². The second-order valence-corrected chi connectivity index (χ2v) is 7.81. The van der Waals surface area contributed by atoms with Gasteiger partial charge in [0.05, 0.1) is 6.26 Å². The smallest absolute Gasteiger partial charge is 0.266 e. The Morgan fingerprint density at radius 1 is 1.06 bits per heavy atom. The van der Waals surface area contributed by atoms with Crippen molar-refractivity contribution in [3.8, 4) is 28.8 Å². The SMILES string of the molecule is N#Cc1nc(-c2ccco2)oc1N1CCC(C(=O)Nc2ccc(-c3ccccc3)cn2)CC1. The van der Waals surface area contributed by atoms with Gasteiger partial charge < -0.3 is 19.1 Å². The summed E-state index contributed by atoms with van der Waals surface area (Å²) in [6, 6.07) is 19.3. The van der Waals surface area contributed by atoms with Crippen LogP contribution >= 0.6 is 0 Å². The van der Waals surface area contributed by atoms with Crippen molar-refractivity contribution >= 4 is 17.6 Å². The molecule has 0 spiro atoms. The van der Waals surface area contributed by atoms with Crippen LogP contribution in [0.4, 0.5) is 11.7 Å². The number of aromatic nitrogens is 2. The number of anilines is 2. The molecular formula is C25H21N5O3. The molecule has 4 heterocycles. The summed E-state index contributed by atoms with van der Waals surface area (Å²) in [6.07, 6.45) is 4.56. The first kappa shape index (κ1) is 20.5. The van der Waals surface area contributed by atoms with Crippen molar-refractivity contribution in [2.75, 3.05) is 23.3 Å². The monoisotopic (exact) mass is 439 g/mol. The number of amides is 1. The van der Waals surface area contributed by atoms with Crippen molar-refractivity contribution in [2.45, 2.75) is 12.8 Å². The Labute approximate surface area is 190 Å². The second kappa shape index (κ2) is 9.01. The molecule has 0 bridgehead atoms. The third kappa shape index (κ3) is 4.34. The van der Waals surface area contributed by atoms with Gasteiger partial charge in [0.25, 0.3) is 5.89 Å². The maximum Gasteiger partial charge on any atom is 0.266 e. The van der Waals surface area contributed by atoms with Gasteiger partial charge >= 0.3 is 0 Å². The third-order valence-electron chi connectivity index (χ3n) is 5.72. The van der Waals surface area contributed by atoms with E-state index in [0.717, 1.165) is 11.1 Å². The number of nitriles is 1. The van der Waals surface area contributed by atoms with Crippen molar-refractivity contribution in [3.63, 3.8) is 0 Å².